The molecule has 4 nitrogen and oxygen atoms in total. The van der Waals surface area contributed by atoms with Crippen LogP contribution in [0.4, 0.5) is 0 Å². The van der Waals surface area contributed by atoms with Gasteiger partial charge in [-0.05, 0) is 37.0 Å². The summed E-state index contributed by atoms with van der Waals surface area (Å²) in [5, 5.41) is 0. The first kappa shape index (κ1) is 30.9. The van der Waals surface area contributed by atoms with E-state index in [0.717, 1.165) is 38.5 Å². The van der Waals surface area contributed by atoms with Crippen molar-refractivity contribution < 1.29 is 19.1 Å². The van der Waals surface area contributed by atoms with Crippen LogP contribution in [0, 0.1) is 11.3 Å². The Morgan fingerprint density at radius 1 is 0.656 bits per heavy atom. The second kappa shape index (κ2) is 20.5. The van der Waals surface area contributed by atoms with Crippen LogP contribution in [0.3, 0.4) is 0 Å². The summed E-state index contributed by atoms with van der Waals surface area (Å²) in [7, 11) is 0. The fourth-order valence-electron chi connectivity index (χ4n) is 4.15. The van der Waals surface area contributed by atoms with Crippen molar-refractivity contribution in [2.24, 2.45) is 11.3 Å². The van der Waals surface area contributed by atoms with Gasteiger partial charge in [-0.15, -0.1) is 0 Å². The Hall–Kier alpha value is -1.06. The highest BCUT2D eigenvalue weighted by Gasteiger charge is 2.16. The van der Waals surface area contributed by atoms with Crippen LogP contribution >= 0.6 is 0 Å². The summed E-state index contributed by atoms with van der Waals surface area (Å²) in [5.41, 5.74) is 0.258. The summed E-state index contributed by atoms with van der Waals surface area (Å²) in [4.78, 5) is 23.6. The minimum atomic E-state index is -0.121. The van der Waals surface area contributed by atoms with E-state index >= 15 is 0 Å². The third kappa shape index (κ3) is 23.6. The lowest BCUT2D eigenvalue weighted by Crippen LogP contribution is -2.17. The van der Waals surface area contributed by atoms with Crippen molar-refractivity contribution in [3.05, 3.63) is 0 Å². The van der Waals surface area contributed by atoms with Crippen LogP contribution in [0.15, 0.2) is 0 Å². The Morgan fingerprint density at radius 2 is 1.09 bits per heavy atom. The van der Waals surface area contributed by atoms with Crippen LogP contribution in [0.5, 0.6) is 0 Å². The summed E-state index contributed by atoms with van der Waals surface area (Å²) in [5.74, 6) is 0.162. The molecule has 4 heteroatoms. The SMILES string of the molecule is CCCCCCCCCCCCCOC(=O)CCCCCC(=O)OCC(C)CC(C)(C)C. The molecule has 0 spiro atoms. The van der Waals surface area contributed by atoms with Gasteiger partial charge in [-0.2, -0.15) is 0 Å². The Bertz CT molecular complexity index is 453. The third-order valence-electron chi connectivity index (χ3n) is 5.76. The van der Waals surface area contributed by atoms with E-state index in [1.54, 1.807) is 0 Å². The van der Waals surface area contributed by atoms with E-state index < -0.39 is 0 Å². The van der Waals surface area contributed by atoms with Gasteiger partial charge in [-0.3, -0.25) is 9.59 Å². The van der Waals surface area contributed by atoms with Gasteiger partial charge in [0.2, 0.25) is 0 Å². The number of unbranched alkanes of at least 4 members (excludes halogenated alkanes) is 12. The van der Waals surface area contributed by atoms with E-state index in [9.17, 15) is 9.59 Å². The maximum Gasteiger partial charge on any atom is 0.305 e. The highest BCUT2D eigenvalue weighted by molar-refractivity contribution is 5.69. The predicted molar refractivity (Wildman–Crippen MR) is 135 cm³/mol. The van der Waals surface area contributed by atoms with E-state index in [4.69, 9.17) is 9.47 Å². The molecule has 0 rings (SSSR count). The molecule has 32 heavy (non-hydrogen) atoms. The molecule has 190 valence electrons. The van der Waals surface area contributed by atoms with Crippen LogP contribution in [-0.4, -0.2) is 25.2 Å². The molecule has 0 aliphatic rings. The molecule has 1 unspecified atom stereocenters. The first-order valence-corrected chi connectivity index (χ1v) is 13.6. The molecule has 0 aliphatic heterocycles. The van der Waals surface area contributed by atoms with Gasteiger partial charge >= 0.3 is 11.9 Å². The van der Waals surface area contributed by atoms with Crippen molar-refractivity contribution in [2.75, 3.05) is 13.2 Å². The minimum absolute atomic E-state index is 0.101. The lowest BCUT2D eigenvalue weighted by atomic mass is 9.86. The summed E-state index contributed by atoms with van der Waals surface area (Å²) in [6, 6.07) is 0. The van der Waals surface area contributed by atoms with Crippen LogP contribution in [0.2, 0.25) is 0 Å². The van der Waals surface area contributed by atoms with Crippen LogP contribution in [0.25, 0.3) is 0 Å². The van der Waals surface area contributed by atoms with Crippen molar-refractivity contribution in [3.8, 4) is 0 Å². The Morgan fingerprint density at radius 3 is 1.59 bits per heavy atom. The molecule has 0 aliphatic carbocycles. The number of hydrogen-bond donors (Lipinski definition) is 0. The Labute approximate surface area is 199 Å². The average Bonchev–Trinajstić information content (AvgIpc) is 2.71. The molecule has 0 saturated carbocycles. The molecule has 0 aromatic carbocycles. The molecule has 0 aromatic rings. The molecule has 0 bridgehead atoms. The standard InChI is InChI=1S/C28H54O4/c1-6-7-8-9-10-11-12-13-14-15-19-22-31-26(29)20-17-16-18-21-27(30)32-24-25(2)23-28(3,4)5/h25H,6-24H2,1-5H3. The second-order valence-corrected chi connectivity index (χ2v) is 10.9. The van der Waals surface area contributed by atoms with Crippen molar-refractivity contribution in [1.29, 1.82) is 0 Å². The fraction of sp³-hybridized carbons (Fsp3) is 0.929. The van der Waals surface area contributed by atoms with Crippen molar-refractivity contribution >= 4 is 11.9 Å². The zero-order valence-electron chi connectivity index (χ0n) is 22.1. The maximum absolute atomic E-state index is 11.8. The quantitative estimate of drug-likeness (QED) is 0.129. The molecule has 0 saturated heterocycles. The fourth-order valence-corrected chi connectivity index (χ4v) is 4.15. The summed E-state index contributed by atoms with van der Waals surface area (Å²) >= 11 is 0. The van der Waals surface area contributed by atoms with E-state index in [0.29, 0.717) is 32.0 Å². The van der Waals surface area contributed by atoms with E-state index in [1.807, 2.05) is 0 Å². The van der Waals surface area contributed by atoms with Gasteiger partial charge in [0.15, 0.2) is 0 Å². The number of esters is 2. The van der Waals surface area contributed by atoms with Crippen LogP contribution < -0.4 is 0 Å². The number of carbonyl (C=O) groups excluding carboxylic acids is 2. The third-order valence-corrected chi connectivity index (χ3v) is 5.76. The highest BCUT2D eigenvalue weighted by Crippen LogP contribution is 2.24. The normalized spacial score (nSPS) is 12.5. The molecule has 0 N–H and O–H groups in total. The maximum atomic E-state index is 11.8. The molecule has 0 aromatic heterocycles. The zero-order chi connectivity index (χ0) is 24.1. The van der Waals surface area contributed by atoms with Crippen molar-refractivity contribution in [2.45, 2.75) is 144 Å². The summed E-state index contributed by atoms with van der Waals surface area (Å²) < 4.78 is 10.7. The van der Waals surface area contributed by atoms with Gasteiger partial charge < -0.3 is 9.47 Å². The van der Waals surface area contributed by atoms with E-state index in [1.165, 1.54) is 57.8 Å². The lowest BCUT2D eigenvalue weighted by molar-refractivity contribution is -0.145. The first-order valence-electron chi connectivity index (χ1n) is 13.6. The second-order valence-electron chi connectivity index (χ2n) is 10.9. The molecule has 1 atom stereocenters. The van der Waals surface area contributed by atoms with Gasteiger partial charge in [0, 0.05) is 12.8 Å². The van der Waals surface area contributed by atoms with Gasteiger partial charge in [-0.1, -0.05) is 105 Å². The Balaban J connectivity index is 3.40. The topological polar surface area (TPSA) is 52.6 Å². The van der Waals surface area contributed by atoms with E-state index in [-0.39, 0.29) is 17.4 Å². The summed E-state index contributed by atoms with van der Waals surface area (Å²) in [6.07, 6.45) is 18.6. The monoisotopic (exact) mass is 454 g/mol. The molecular formula is C28H54O4. The van der Waals surface area contributed by atoms with Gasteiger partial charge in [0.05, 0.1) is 13.2 Å². The molecule has 0 amide bonds. The highest BCUT2D eigenvalue weighted by atomic mass is 16.5. The van der Waals surface area contributed by atoms with Crippen LogP contribution in [-0.2, 0) is 19.1 Å². The lowest BCUT2D eigenvalue weighted by Gasteiger charge is -2.22. The van der Waals surface area contributed by atoms with Crippen molar-refractivity contribution in [1.82, 2.24) is 0 Å². The van der Waals surface area contributed by atoms with E-state index in [2.05, 4.69) is 34.6 Å². The van der Waals surface area contributed by atoms with Crippen LogP contribution in [0.1, 0.15) is 144 Å². The predicted octanol–water partition coefficient (Wildman–Crippen LogP) is 8.41. The molecular weight excluding hydrogens is 400 g/mol. The number of carbonyl (C=O) groups is 2. The average molecular weight is 455 g/mol. The number of ether oxygens (including phenoxy) is 2. The molecule has 0 radical (unpaired) electrons. The van der Waals surface area contributed by atoms with Crippen molar-refractivity contribution in [3.63, 3.8) is 0 Å². The zero-order valence-corrected chi connectivity index (χ0v) is 22.1. The smallest absolute Gasteiger partial charge is 0.305 e. The van der Waals surface area contributed by atoms with Gasteiger partial charge in [-0.25, -0.2) is 0 Å². The Kier molecular flexibility index (Phi) is 19.9. The first-order chi connectivity index (χ1) is 15.2. The van der Waals surface area contributed by atoms with Gasteiger partial charge in [0.1, 0.15) is 0 Å². The summed E-state index contributed by atoms with van der Waals surface area (Å²) in [6.45, 7) is 12.0. The number of rotatable bonds is 21. The number of hydrogen-bond acceptors (Lipinski definition) is 4. The minimum Gasteiger partial charge on any atom is -0.466 e. The molecule has 0 fully saturated rings. The molecule has 0 heterocycles. The largest absolute Gasteiger partial charge is 0.466 e. The van der Waals surface area contributed by atoms with Gasteiger partial charge in [0.25, 0.3) is 0 Å².